The molecule has 0 aromatic heterocycles. The molecule has 3 atom stereocenters. The molecule has 0 nitrogen and oxygen atoms in total. The van der Waals surface area contributed by atoms with Crippen LogP contribution in [0.4, 0.5) is 0 Å². The fourth-order valence-electron chi connectivity index (χ4n) is 5.43. The van der Waals surface area contributed by atoms with E-state index in [-0.39, 0.29) is 23.6 Å². The van der Waals surface area contributed by atoms with E-state index in [1.807, 2.05) is 0 Å². The van der Waals surface area contributed by atoms with Crippen molar-refractivity contribution in [1.29, 1.82) is 0 Å². The van der Waals surface area contributed by atoms with Gasteiger partial charge in [-0.25, -0.2) is 0 Å². The average molecular weight is 539 g/mol. The summed E-state index contributed by atoms with van der Waals surface area (Å²) in [6, 6.07) is 0. The summed E-state index contributed by atoms with van der Waals surface area (Å²) in [5.74, 6) is 0.390. The minimum atomic E-state index is -0.0794. The van der Waals surface area contributed by atoms with Crippen LogP contribution in [0.15, 0.2) is 130 Å². The van der Waals surface area contributed by atoms with Gasteiger partial charge in [-0.2, -0.15) is 0 Å². The lowest BCUT2D eigenvalue weighted by molar-refractivity contribution is 0.255. The van der Waals surface area contributed by atoms with Crippen LogP contribution >= 0.6 is 0 Å². The van der Waals surface area contributed by atoms with Crippen molar-refractivity contribution in [2.75, 3.05) is 0 Å². The fourth-order valence-corrected chi connectivity index (χ4v) is 5.43. The molecule has 0 saturated heterocycles. The van der Waals surface area contributed by atoms with E-state index in [1.54, 1.807) is 0 Å². The van der Waals surface area contributed by atoms with E-state index in [0.717, 1.165) is 19.3 Å². The largest absolute Gasteiger partial charge is 0.0850 e. The van der Waals surface area contributed by atoms with Crippen LogP contribution in [0.5, 0.6) is 0 Å². The Labute approximate surface area is 250 Å². The van der Waals surface area contributed by atoms with Crippen molar-refractivity contribution in [2.45, 2.75) is 101 Å². The van der Waals surface area contributed by atoms with E-state index < -0.39 is 0 Å². The molecule has 0 radical (unpaired) electrons. The average Bonchev–Trinajstić information content (AvgIpc) is 2.84. The van der Waals surface area contributed by atoms with Gasteiger partial charge in [0.2, 0.25) is 0 Å². The van der Waals surface area contributed by atoms with Crippen LogP contribution in [0.25, 0.3) is 0 Å². The molecular formula is C40H56. The van der Waals surface area contributed by atoms with Crippen LogP contribution in [0, 0.1) is 16.7 Å². The summed E-state index contributed by atoms with van der Waals surface area (Å²) >= 11 is 0. The van der Waals surface area contributed by atoms with Crippen molar-refractivity contribution in [3.8, 4) is 0 Å². The lowest BCUT2D eigenvalue weighted by atomic mass is 9.68. The summed E-state index contributed by atoms with van der Waals surface area (Å²) in [4.78, 5) is 0. The minimum Gasteiger partial charge on any atom is -0.0850 e. The summed E-state index contributed by atoms with van der Waals surface area (Å²) in [7, 11) is 0. The first kappa shape index (κ1) is 30.1. The van der Waals surface area contributed by atoms with Gasteiger partial charge in [-0.3, -0.25) is 0 Å². The van der Waals surface area contributed by atoms with Crippen molar-refractivity contribution < 1.29 is 2.74 Å². The molecule has 0 saturated carbocycles. The molecule has 0 spiro atoms. The third-order valence-electron chi connectivity index (χ3n) is 7.98. The molecule has 0 heterocycles. The van der Waals surface area contributed by atoms with Crippen LogP contribution in [-0.2, 0) is 0 Å². The predicted octanol–water partition coefficient (Wildman–Crippen LogP) is 12.5. The number of hydrogen-bond donors (Lipinski definition) is 0. The zero-order valence-electron chi connectivity index (χ0n) is 29.0. The zero-order chi connectivity index (χ0) is 31.5. The molecule has 2 rings (SSSR count). The smallest absolute Gasteiger partial charge is 0.0310 e. The van der Waals surface area contributed by atoms with E-state index >= 15 is 0 Å². The van der Waals surface area contributed by atoms with Crippen molar-refractivity contribution >= 4 is 0 Å². The molecule has 0 amide bonds. The molecule has 0 N–H and O–H groups in total. The Morgan fingerprint density at radius 3 is 1.82 bits per heavy atom. The molecule has 0 fully saturated rings. The standard InChI is InChI=1S/C40H56/c1-31(19-13-21-33(3)25-27-37-35(5)23-15-29-39(37,7)8)17-11-12-18-32(2)20-14-22-34(4)26-28-38-36(6)24-16-30-40(38,9)10/h11-14,17-23,25-28,37H,15-16,24,29-30H2,1-10H3/b12-11+,19-13+,20-14+,27-25+,28-26+,31-17+,32-18+,33-21+,34-22+/t37-/m0/s1/i15D,16D/t15-,16-,37+/m1. The van der Waals surface area contributed by atoms with Crippen molar-refractivity contribution in [1.82, 2.24) is 0 Å². The van der Waals surface area contributed by atoms with Crippen molar-refractivity contribution in [3.63, 3.8) is 0 Å². The highest BCUT2D eigenvalue weighted by Crippen LogP contribution is 2.42. The van der Waals surface area contributed by atoms with Gasteiger partial charge in [-0.05, 0) is 90.0 Å². The second-order valence-electron chi connectivity index (χ2n) is 13.0. The van der Waals surface area contributed by atoms with Crippen LogP contribution < -0.4 is 0 Å². The molecule has 0 aromatic carbocycles. The molecule has 0 heteroatoms. The Hall–Kier alpha value is -2.86. The maximum Gasteiger partial charge on any atom is 0.0310 e. The van der Waals surface area contributed by atoms with Gasteiger partial charge in [0.25, 0.3) is 0 Å². The molecule has 2 aliphatic carbocycles. The number of allylic oxidation sites excluding steroid dienone is 22. The number of hydrogen-bond acceptors (Lipinski definition) is 0. The van der Waals surface area contributed by atoms with Gasteiger partial charge < -0.3 is 0 Å². The molecule has 0 unspecified atom stereocenters. The fraction of sp³-hybridized carbons (Fsp3) is 0.450. The van der Waals surface area contributed by atoms with Crippen LogP contribution in [0.1, 0.15) is 104 Å². The Morgan fingerprint density at radius 2 is 1.27 bits per heavy atom. The van der Waals surface area contributed by atoms with Gasteiger partial charge in [-0.1, -0.05) is 152 Å². The van der Waals surface area contributed by atoms with Crippen LogP contribution in [0.2, 0.25) is 0 Å². The first-order chi connectivity index (χ1) is 19.6. The Morgan fingerprint density at radius 1 is 0.750 bits per heavy atom. The highest BCUT2D eigenvalue weighted by atomic mass is 14.3. The van der Waals surface area contributed by atoms with E-state index in [4.69, 9.17) is 2.74 Å². The minimum absolute atomic E-state index is 0.0246. The lowest BCUT2D eigenvalue weighted by Crippen LogP contribution is -2.26. The molecule has 0 aliphatic heterocycles. The number of rotatable bonds is 10. The quantitative estimate of drug-likeness (QED) is 0.192. The molecule has 40 heavy (non-hydrogen) atoms. The Kier molecular flexibility index (Phi) is 11.9. The Balaban J connectivity index is 1.90. The van der Waals surface area contributed by atoms with E-state index in [1.165, 1.54) is 39.0 Å². The first-order valence-electron chi connectivity index (χ1n) is 16.1. The van der Waals surface area contributed by atoms with Gasteiger partial charge >= 0.3 is 0 Å². The van der Waals surface area contributed by atoms with Gasteiger partial charge in [-0.15, -0.1) is 0 Å². The topological polar surface area (TPSA) is 0 Å². The zero-order valence-corrected chi connectivity index (χ0v) is 27.0. The summed E-state index contributed by atoms with van der Waals surface area (Å²) in [5, 5.41) is 0. The van der Waals surface area contributed by atoms with Gasteiger partial charge in [0.15, 0.2) is 0 Å². The van der Waals surface area contributed by atoms with Crippen molar-refractivity contribution in [3.05, 3.63) is 130 Å². The molecule has 2 aliphatic rings. The molecule has 216 valence electrons. The van der Waals surface area contributed by atoms with Crippen LogP contribution in [-0.4, -0.2) is 0 Å². The monoisotopic (exact) mass is 538 g/mol. The first-order valence-corrected chi connectivity index (χ1v) is 14.9. The van der Waals surface area contributed by atoms with Gasteiger partial charge in [0.1, 0.15) is 0 Å². The maximum atomic E-state index is 8.17. The highest BCUT2D eigenvalue weighted by Gasteiger charge is 2.30. The van der Waals surface area contributed by atoms with Crippen LogP contribution in [0.3, 0.4) is 0 Å². The Bertz CT molecular complexity index is 1270. The molecule has 0 bridgehead atoms. The van der Waals surface area contributed by atoms with Gasteiger partial charge in [0.05, 0.1) is 0 Å². The third kappa shape index (κ3) is 11.3. The molecular weight excluding hydrogens is 480 g/mol. The van der Waals surface area contributed by atoms with Gasteiger partial charge in [0, 0.05) is 8.66 Å². The van der Waals surface area contributed by atoms with E-state index in [0.29, 0.717) is 5.92 Å². The SMILES string of the molecule is [2H][C@@H]1CC(C)=C(/C=C/C(C)=C/C=C/C(C)=C/C=C/C=C(C)/C=C/C=C(C)/C=C/[C@H]2C(C)=C[C@@H]([2H])CC2(C)C)C(C)(C)C1. The second-order valence-corrected chi connectivity index (χ2v) is 13.0. The highest BCUT2D eigenvalue weighted by molar-refractivity contribution is 5.37. The third-order valence-corrected chi connectivity index (χ3v) is 7.98. The summed E-state index contributed by atoms with van der Waals surface area (Å²) in [6.45, 7) is 21.9. The normalized spacial score (nSPS) is 27.9. The van der Waals surface area contributed by atoms with E-state index in [2.05, 4.69) is 160 Å². The predicted molar refractivity (Wildman–Crippen MR) is 181 cm³/mol. The molecule has 0 aromatic rings. The van der Waals surface area contributed by atoms with E-state index in [9.17, 15) is 0 Å². The second kappa shape index (κ2) is 15.8. The lowest BCUT2D eigenvalue weighted by Gasteiger charge is -2.36. The van der Waals surface area contributed by atoms with Crippen molar-refractivity contribution in [2.24, 2.45) is 16.7 Å². The summed E-state index contributed by atoms with van der Waals surface area (Å²) in [6.07, 6.45) is 35.0. The summed E-state index contributed by atoms with van der Waals surface area (Å²) in [5.41, 5.74) is 9.09. The summed E-state index contributed by atoms with van der Waals surface area (Å²) < 4.78 is 16.3. The maximum absolute atomic E-state index is 8.17.